The van der Waals surface area contributed by atoms with E-state index in [-0.39, 0.29) is 6.54 Å². The van der Waals surface area contributed by atoms with Crippen molar-refractivity contribution < 1.29 is 33.3 Å². The molecule has 6 nitrogen and oxygen atoms in total. The Kier molecular flexibility index (Phi) is 3.73. The van der Waals surface area contributed by atoms with Gasteiger partial charge in [-0.05, 0) is 0 Å². The number of aliphatic hydroxyl groups excluding tert-OH is 3. The van der Waals surface area contributed by atoms with Crippen molar-refractivity contribution in [3.05, 3.63) is 0 Å². The van der Waals surface area contributed by atoms with Gasteiger partial charge in [-0.1, -0.05) is 0 Å². The topological polar surface area (TPSA) is 102 Å². The molecule has 4 atom stereocenters. The Morgan fingerprint density at radius 3 is 2.31 bits per heavy atom. The Bertz CT molecular complexity index is 273. The third-order valence-electron chi connectivity index (χ3n) is 2.18. The highest BCUT2D eigenvalue weighted by molar-refractivity contribution is 5.81. The number of halogens is 3. The average Bonchev–Trinajstić information content (AvgIpc) is 2.17. The second kappa shape index (κ2) is 4.53. The summed E-state index contributed by atoms with van der Waals surface area (Å²) in [5, 5.41) is 31.2. The first-order valence-corrected chi connectivity index (χ1v) is 4.38. The van der Waals surface area contributed by atoms with Gasteiger partial charge in [-0.25, -0.2) is 0 Å². The van der Waals surface area contributed by atoms with Gasteiger partial charge in [0, 0.05) is 6.54 Å². The maximum Gasteiger partial charge on any atom is 0.471 e. The van der Waals surface area contributed by atoms with Gasteiger partial charge < -0.3 is 20.6 Å². The molecule has 5 N–H and O–H groups in total. The summed E-state index contributed by atoms with van der Waals surface area (Å²) in [6.07, 6.45) is -11.1. The molecule has 16 heavy (non-hydrogen) atoms. The van der Waals surface area contributed by atoms with Gasteiger partial charge in [0.1, 0.15) is 18.4 Å². The Hall–Kier alpha value is -0.900. The molecule has 94 valence electrons. The largest absolute Gasteiger partial charge is 0.471 e. The highest BCUT2D eigenvalue weighted by Gasteiger charge is 2.43. The number of amides is 1. The van der Waals surface area contributed by atoms with E-state index in [0.717, 1.165) is 0 Å². The lowest BCUT2D eigenvalue weighted by atomic mass is 10.0. The lowest BCUT2D eigenvalue weighted by Gasteiger charge is -2.36. The third-order valence-corrected chi connectivity index (χ3v) is 2.18. The van der Waals surface area contributed by atoms with Crippen LogP contribution < -0.4 is 10.6 Å². The molecule has 1 saturated heterocycles. The highest BCUT2D eigenvalue weighted by Crippen LogP contribution is 2.16. The number of carbonyl (C=O) groups is 1. The molecule has 1 rings (SSSR count). The summed E-state index contributed by atoms with van der Waals surface area (Å²) in [6, 6.07) is 0. The molecule has 0 aromatic rings. The van der Waals surface area contributed by atoms with Gasteiger partial charge >= 0.3 is 12.1 Å². The minimum absolute atomic E-state index is 0.235. The smallest absolute Gasteiger partial charge is 0.389 e. The van der Waals surface area contributed by atoms with Crippen LogP contribution in [0.4, 0.5) is 13.2 Å². The number of carbonyl (C=O) groups excluding carboxylic acids is 1. The molecule has 1 aliphatic rings. The van der Waals surface area contributed by atoms with Crippen LogP contribution >= 0.6 is 0 Å². The second-order valence-electron chi connectivity index (χ2n) is 3.41. The van der Waals surface area contributed by atoms with Crippen LogP contribution in [0, 0.1) is 0 Å². The van der Waals surface area contributed by atoms with Crippen LogP contribution in [0.1, 0.15) is 0 Å². The van der Waals surface area contributed by atoms with Crippen LogP contribution in [0.2, 0.25) is 0 Å². The van der Waals surface area contributed by atoms with E-state index < -0.39 is 36.6 Å². The molecule has 0 radical (unpaired) electrons. The van der Waals surface area contributed by atoms with Crippen molar-refractivity contribution >= 4 is 5.91 Å². The summed E-state index contributed by atoms with van der Waals surface area (Å²) in [6.45, 7) is -0.235. The number of β-amino-alcohol motifs (C(OH)–C–C–N with tert-alkyl or cyclic N) is 1. The summed E-state index contributed by atoms with van der Waals surface area (Å²) in [5.41, 5.74) is 0. The molecule has 0 aliphatic carbocycles. The second-order valence-corrected chi connectivity index (χ2v) is 3.41. The predicted octanol–water partition coefficient (Wildman–Crippen LogP) is -2.32. The fourth-order valence-corrected chi connectivity index (χ4v) is 1.27. The normalized spacial score (nSPS) is 35.9. The quantitative estimate of drug-likeness (QED) is 0.356. The molecule has 1 heterocycles. The van der Waals surface area contributed by atoms with Crippen LogP contribution in [0.15, 0.2) is 0 Å². The molecule has 0 bridgehead atoms. The van der Waals surface area contributed by atoms with Gasteiger partial charge in [0.15, 0.2) is 0 Å². The lowest BCUT2D eigenvalue weighted by molar-refractivity contribution is -0.177. The third kappa shape index (κ3) is 2.82. The van der Waals surface area contributed by atoms with Crippen molar-refractivity contribution in [1.29, 1.82) is 0 Å². The minimum Gasteiger partial charge on any atom is -0.389 e. The monoisotopic (exact) mass is 244 g/mol. The Labute approximate surface area is 88.1 Å². The van der Waals surface area contributed by atoms with Gasteiger partial charge in [0.25, 0.3) is 0 Å². The Morgan fingerprint density at radius 1 is 1.25 bits per heavy atom. The van der Waals surface area contributed by atoms with Crippen molar-refractivity contribution in [2.45, 2.75) is 30.7 Å². The number of aliphatic hydroxyl groups is 3. The molecular weight excluding hydrogens is 233 g/mol. The predicted molar refractivity (Wildman–Crippen MR) is 44.0 cm³/mol. The minimum atomic E-state index is -5.07. The summed E-state index contributed by atoms with van der Waals surface area (Å²) < 4.78 is 35.6. The summed E-state index contributed by atoms with van der Waals surface area (Å²) >= 11 is 0. The molecule has 0 spiro atoms. The van der Waals surface area contributed by atoms with Gasteiger partial charge in [0.05, 0.1) is 6.10 Å². The molecule has 0 aromatic carbocycles. The number of alkyl halides is 3. The van der Waals surface area contributed by atoms with Crippen LogP contribution in [0.5, 0.6) is 0 Å². The zero-order chi connectivity index (χ0) is 12.5. The van der Waals surface area contributed by atoms with Gasteiger partial charge in [-0.2, -0.15) is 13.2 Å². The molecule has 9 heteroatoms. The molecule has 1 aliphatic heterocycles. The average molecular weight is 244 g/mol. The SMILES string of the molecule is O=C(N[C@@H]1NC[C@@H](O)[C@@H](O)[C@H]1O)C(F)(F)F. The molecule has 1 fully saturated rings. The van der Waals surface area contributed by atoms with Crippen molar-refractivity contribution in [2.75, 3.05) is 6.54 Å². The van der Waals surface area contributed by atoms with E-state index in [0.29, 0.717) is 0 Å². The molecule has 0 unspecified atom stereocenters. The van der Waals surface area contributed by atoms with E-state index in [1.807, 2.05) is 0 Å². The number of nitrogens with one attached hydrogen (secondary N) is 2. The number of hydrogen-bond acceptors (Lipinski definition) is 5. The zero-order valence-electron chi connectivity index (χ0n) is 7.90. The highest BCUT2D eigenvalue weighted by atomic mass is 19.4. The number of hydrogen-bond donors (Lipinski definition) is 5. The van der Waals surface area contributed by atoms with E-state index in [2.05, 4.69) is 5.32 Å². The maximum atomic E-state index is 11.9. The van der Waals surface area contributed by atoms with Crippen molar-refractivity contribution in [1.82, 2.24) is 10.6 Å². The standard InChI is InChI=1S/C7H11F3N2O4/c8-7(9,10)6(16)12-5-4(15)3(14)2(13)1-11-5/h2-5,11,13-15H,1H2,(H,12,16)/t2-,3-,4-,5+/m1/s1. The van der Waals surface area contributed by atoms with E-state index in [1.165, 1.54) is 5.32 Å². The van der Waals surface area contributed by atoms with Crippen molar-refractivity contribution in [3.8, 4) is 0 Å². The number of rotatable bonds is 1. The molecule has 1 amide bonds. The van der Waals surface area contributed by atoms with Crippen molar-refractivity contribution in [2.24, 2.45) is 0 Å². The van der Waals surface area contributed by atoms with E-state index in [9.17, 15) is 23.1 Å². The van der Waals surface area contributed by atoms with Gasteiger partial charge in [-0.15, -0.1) is 0 Å². The van der Waals surface area contributed by atoms with Crippen molar-refractivity contribution in [3.63, 3.8) is 0 Å². The zero-order valence-corrected chi connectivity index (χ0v) is 7.90. The van der Waals surface area contributed by atoms with E-state index in [4.69, 9.17) is 10.2 Å². The Morgan fingerprint density at radius 2 is 1.81 bits per heavy atom. The summed E-state index contributed by atoms with van der Waals surface area (Å²) in [5.74, 6) is -2.23. The molecule has 0 aromatic heterocycles. The van der Waals surface area contributed by atoms with Crippen LogP contribution in [0.3, 0.4) is 0 Å². The first kappa shape index (κ1) is 13.2. The fraction of sp³-hybridized carbons (Fsp3) is 0.857. The van der Waals surface area contributed by atoms with E-state index >= 15 is 0 Å². The first-order valence-electron chi connectivity index (χ1n) is 4.38. The van der Waals surface area contributed by atoms with Gasteiger partial charge in [0.2, 0.25) is 0 Å². The van der Waals surface area contributed by atoms with E-state index in [1.54, 1.807) is 0 Å². The van der Waals surface area contributed by atoms with Crippen LogP contribution in [-0.4, -0.2) is 58.4 Å². The molecule has 0 saturated carbocycles. The summed E-state index contributed by atoms with van der Waals surface area (Å²) in [4.78, 5) is 10.5. The summed E-state index contributed by atoms with van der Waals surface area (Å²) in [7, 11) is 0. The van der Waals surface area contributed by atoms with Crippen LogP contribution in [0.25, 0.3) is 0 Å². The maximum absolute atomic E-state index is 11.9. The van der Waals surface area contributed by atoms with Gasteiger partial charge in [-0.3, -0.25) is 10.1 Å². The fourth-order valence-electron chi connectivity index (χ4n) is 1.27. The molecular formula is C7H11F3N2O4. The first-order chi connectivity index (χ1) is 7.23. The van der Waals surface area contributed by atoms with Crippen LogP contribution in [-0.2, 0) is 4.79 Å². The lowest BCUT2D eigenvalue weighted by Crippen LogP contribution is -2.66. The Balaban J connectivity index is 2.59. The number of piperidine rings is 1.